The zero-order valence-electron chi connectivity index (χ0n) is 11.4. The highest BCUT2D eigenvalue weighted by molar-refractivity contribution is 9.10. The van der Waals surface area contributed by atoms with Crippen molar-refractivity contribution < 1.29 is 4.42 Å². The highest BCUT2D eigenvalue weighted by atomic mass is 79.9. The molecule has 1 atom stereocenters. The molecule has 0 fully saturated rings. The van der Waals surface area contributed by atoms with E-state index in [9.17, 15) is 0 Å². The van der Waals surface area contributed by atoms with Crippen molar-refractivity contribution in [2.45, 2.75) is 32.7 Å². The van der Waals surface area contributed by atoms with E-state index >= 15 is 0 Å². The van der Waals surface area contributed by atoms with Crippen LogP contribution < -0.4 is 5.32 Å². The van der Waals surface area contributed by atoms with Gasteiger partial charge in [-0.2, -0.15) is 0 Å². The van der Waals surface area contributed by atoms with Gasteiger partial charge in [0.1, 0.15) is 5.76 Å². The first kappa shape index (κ1) is 14.4. The van der Waals surface area contributed by atoms with E-state index in [0.29, 0.717) is 6.04 Å². The molecule has 0 saturated carbocycles. The quantitative estimate of drug-likeness (QED) is 0.838. The molecule has 3 heteroatoms. The van der Waals surface area contributed by atoms with Crippen molar-refractivity contribution in [1.29, 1.82) is 0 Å². The minimum Gasteiger partial charge on any atom is -0.469 e. The number of aryl methyl sites for hydroxylation is 1. The number of hydrogen-bond acceptors (Lipinski definition) is 2. The second-order valence-electron chi connectivity index (χ2n) is 4.77. The minimum absolute atomic E-state index is 0.319. The molecular formula is C16H20BrNO. The summed E-state index contributed by atoms with van der Waals surface area (Å²) in [6.07, 6.45) is 3.88. The molecule has 102 valence electrons. The lowest BCUT2D eigenvalue weighted by atomic mass is 9.99. The molecular weight excluding hydrogens is 302 g/mol. The summed E-state index contributed by atoms with van der Waals surface area (Å²) in [5.74, 6) is 1.01. The van der Waals surface area contributed by atoms with E-state index in [1.54, 1.807) is 6.26 Å². The van der Waals surface area contributed by atoms with Crippen LogP contribution in [0.4, 0.5) is 0 Å². The van der Waals surface area contributed by atoms with Gasteiger partial charge < -0.3 is 9.73 Å². The Kier molecular flexibility index (Phi) is 5.23. The van der Waals surface area contributed by atoms with Crippen LogP contribution in [0.15, 0.2) is 45.5 Å². The van der Waals surface area contributed by atoms with Crippen molar-refractivity contribution in [2.75, 3.05) is 6.54 Å². The summed E-state index contributed by atoms with van der Waals surface area (Å²) in [6, 6.07) is 10.9. The summed E-state index contributed by atoms with van der Waals surface area (Å²) >= 11 is 3.47. The molecule has 2 aromatic rings. The van der Waals surface area contributed by atoms with Crippen LogP contribution in [0.3, 0.4) is 0 Å². The monoisotopic (exact) mass is 321 g/mol. The molecule has 0 amide bonds. The van der Waals surface area contributed by atoms with E-state index in [0.717, 1.165) is 29.6 Å². The van der Waals surface area contributed by atoms with Gasteiger partial charge in [-0.3, -0.25) is 0 Å². The molecule has 1 N–H and O–H groups in total. The highest BCUT2D eigenvalue weighted by Crippen LogP contribution is 2.23. The predicted octanol–water partition coefficient (Wildman–Crippen LogP) is 4.63. The van der Waals surface area contributed by atoms with Crippen LogP contribution in [0.2, 0.25) is 0 Å². The van der Waals surface area contributed by atoms with Crippen LogP contribution in [0.5, 0.6) is 0 Å². The van der Waals surface area contributed by atoms with Crippen LogP contribution in [0.1, 0.15) is 36.3 Å². The van der Waals surface area contributed by atoms with Gasteiger partial charge >= 0.3 is 0 Å². The maximum atomic E-state index is 5.43. The summed E-state index contributed by atoms with van der Waals surface area (Å²) in [5.41, 5.74) is 2.59. The Hall–Kier alpha value is -1.06. The van der Waals surface area contributed by atoms with Gasteiger partial charge in [0.25, 0.3) is 0 Å². The fraction of sp³-hybridized carbons (Fsp3) is 0.375. The summed E-state index contributed by atoms with van der Waals surface area (Å²) in [4.78, 5) is 0. The van der Waals surface area contributed by atoms with Gasteiger partial charge in [0.2, 0.25) is 0 Å². The van der Waals surface area contributed by atoms with Crippen molar-refractivity contribution in [3.63, 3.8) is 0 Å². The molecule has 0 bridgehead atoms. The van der Waals surface area contributed by atoms with E-state index in [4.69, 9.17) is 4.42 Å². The Morgan fingerprint density at radius 1 is 1.21 bits per heavy atom. The topological polar surface area (TPSA) is 25.2 Å². The van der Waals surface area contributed by atoms with Gasteiger partial charge in [0.15, 0.2) is 0 Å². The summed E-state index contributed by atoms with van der Waals surface area (Å²) < 4.78 is 6.55. The third kappa shape index (κ3) is 3.95. The first-order valence-electron chi connectivity index (χ1n) is 6.72. The Balaban J connectivity index is 2.14. The lowest BCUT2D eigenvalue weighted by Crippen LogP contribution is -2.24. The summed E-state index contributed by atoms with van der Waals surface area (Å²) in [6.45, 7) is 5.23. The first-order valence-corrected chi connectivity index (χ1v) is 7.51. The number of nitrogens with one attached hydrogen (secondary N) is 1. The SMILES string of the molecule is CCCNC(Cc1ccc(Br)cc1)c1ccoc1C. The second kappa shape index (κ2) is 6.92. The third-order valence-corrected chi connectivity index (χ3v) is 3.80. The molecule has 0 aliphatic carbocycles. The Bertz CT molecular complexity index is 504. The molecule has 0 aliphatic rings. The van der Waals surface area contributed by atoms with Gasteiger partial charge in [0, 0.05) is 16.1 Å². The summed E-state index contributed by atoms with van der Waals surface area (Å²) in [7, 11) is 0. The van der Waals surface area contributed by atoms with Crippen LogP contribution in [0.25, 0.3) is 0 Å². The molecule has 0 radical (unpaired) electrons. The summed E-state index contributed by atoms with van der Waals surface area (Å²) in [5, 5.41) is 3.60. The zero-order chi connectivity index (χ0) is 13.7. The predicted molar refractivity (Wildman–Crippen MR) is 82.3 cm³/mol. The average Bonchev–Trinajstić information content (AvgIpc) is 2.83. The zero-order valence-corrected chi connectivity index (χ0v) is 13.0. The molecule has 1 aromatic carbocycles. The smallest absolute Gasteiger partial charge is 0.105 e. The molecule has 19 heavy (non-hydrogen) atoms. The van der Waals surface area contributed by atoms with Crippen molar-refractivity contribution >= 4 is 15.9 Å². The third-order valence-electron chi connectivity index (χ3n) is 3.27. The van der Waals surface area contributed by atoms with E-state index in [1.165, 1.54) is 11.1 Å². The van der Waals surface area contributed by atoms with Crippen LogP contribution >= 0.6 is 15.9 Å². The number of benzene rings is 1. The standard InChI is InChI=1S/C16H20BrNO/c1-3-9-18-16(15-8-10-19-12(15)2)11-13-4-6-14(17)7-5-13/h4-8,10,16,18H,3,9,11H2,1-2H3. The largest absolute Gasteiger partial charge is 0.469 e. The fourth-order valence-corrected chi connectivity index (χ4v) is 2.49. The molecule has 2 nitrogen and oxygen atoms in total. The van der Waals surface area contributed by atoms with Gasteiger partial charge in [-0.1, -0.05) is 35.0 Å². The van der Waals surface area contributed by atoms with E-state index in [2.05, 4.69) is 58.5 Å². The Morgan fingerprint density at radius 3 is 2.53 bits per heavy atom. The Morgan fingerprint density at radius 2 is 1.95 bits per heavy atom. The van der Waals surface area contributed by atoms with E-state index < -0.39 is 0 Å². The van der Waals surface area contributed by atoms with Gasteiger partial charge in [-0.25, -0.2) is 0 Å². The van der Waals surface area contributed by atoms with E-state index in [1.807, 2.05) is 6.92 Å². The minimum atomic E-state index is 0.319. The normalized spacial score (nSPS) is 12.6. The molecule has 2 rings (SSSR count). The molecule has 0 spiro atoms. The van der Waals surface area contributed by atoms with Crippen molar-refractivity contribution in [1.82, 2.24) is 5.32 Å². The number of hydrogen-bond donors (Lipinski definition) is 1. The number of rotatable bonds is 6. The van der Waals surface area contributed by atoms with Gasteiger partial charge in [0.05, 0.1) is 6.26 Å². The maximum absolute atomic E-state index is 5.43. The average molecular weight is 322 g/mol. The molecule has 1 unspecified atom stereocenters. The number of halogens is 1. The lowest BCUT2D eigenvalue weighted by Gasteiger charge is -2.18. The van der Waals surface area contributed by atoms with Crippen molar-refractivity contribution in [3.8, 4) is 0 Å². The van der Waals surface area contributed by atoms with Gasteiger partial charge in [-0.05, 0) is 50.1 Å². The van der Waals surface area contributed by atoms with Crippen LogP contribution in [-0.2, 0) is 6.42 Å². The molecule has 1 heterocycles. The molecule has 0 aliphatic heterocycles. The molecule has 0 saturated heterocycles. The van der Waals surface area contributed by atoms with Crippen LogP contribution in [-0.4, -0.2) is 6.54 Å². The second-order valence-corrected chi connectivity index (χ2v) is 5.69. The maximum Gasteiger partial charge on any atom is 0.105 e. The Labute approximate surface area is 123 Å². The van der Waals surface area contributed by atoms with Crippen LogP contribution in [0, 0.1) is 6.92 Å². The fourth-order valence-electron chi connectivity index (χ4n) is 2.22. The van der Waals surface area contributed by atoms with E-state index in [-0.39, 0.29) is 0 Å². The molecule has 1 aromatic heterocycles. The van der Waals surface area contributed by atoms with Gasteiger partial charge in [-0.15, -0.1) is 0 Å². The highest BCUT2D eigenvalue weighted by Gasteiger charge is 2.15. The van der Waals surface area contributed by atoms with Crippen molar-refractivity contribution in [2.24, 2.45) is 0 Å². The number of furan rings is 1. The first-order chi connectivity index (χ1) is 9.20. The van der Waals surface area contributed by atoms with Crippen molar-refractivity contribution in [3.05, 3.63) is 58.0 Å². The lowest BCUT2D eigenvalue weighted by molar-refractivity contribution is 0.494.